The summed E-state index contributed by atoms with van der Waals surface area (Å²) in [6.45, 7) is 3.40. The average molecular weight is 425 g/mol. The Morgan fingerprint density at radius 2 is 1.71 bits per heavy atom. The van der Waals surface area contributed by atoms with Crippen molar-refractivity contribution in [3.05, 3.63) is 54.1 Å². The van der Waals surface area contributed by atoms with Gasteiger partial charge in [0, 0.05) is 37.4 Å². The summed E-state index contributed by atoms with van der Waals surface area (Å²) in [5.41, 5.74) is 1.76. The van der Waals surface area contributed by atoms with Crippen LogP contribution in [0, 0.1) is 0 Å². The van der Waals surface area contributed by atoms with Crippen molar-refractivity contribution in [3.8, 4) is 11.5 Å². The molecule has 2 aliphatic heterocycles. The van der Waals surface area contributed by atoms with E-state index in [-0.39, 0.29) is 18.0 Å². The standard InChI is InChI=1S/C23H28N4O4/c28-22(25-19-6-7-20-21(14-19)31-13-12-30-20)16-27-10-8-18(9-11-27)26-23(29)24-15-17-4-2-1-3-5-17/h1-7,14,18H,8-13,15-16H2,(H,25,28)(H2,24,26,29). The first kappa shape index (κ1) is 21.0. The van der Waals surface area contributed by atoms with Gasteiger partial charge >= 0.3 is 6.03 Å². The van der Waals surface area contributed by atoms with Crippen LogP contribution in [0.3, 0.4) is 0 Å². The van der Waals surface area contributed by atoms with Gasteiger partial charge in [-0.05, 0) is 30.5 Å². The minimum absolute atomic E-state index is 0.0660. The van der Waals surface area contributed by atoms with Crippen LogP contribution in [-0.4, -0.2) is 55.7 Å². The summed E-state index contributed by atoms with van der Waals surface area (Å²) in [4.78, 5) is 26.7. The summed E-state index contributed by atoms with van der Waals surface area (Å²) in [5.74, 6) is 1.29. The highest BCUT2D eigenvalue weighted by Crippen LogP contribution is 2.32. The number of hydrogen-bond donors (Lipinski definition) is 3. The van der Waals surface area contributed by atoms with Crippen LogP contribution in [0.5, 0.6) is 11.5 Å². The Hall–Kier alpha value is -3.26. The molecule has 1 saturated heterocycles. The number of nitrogens with zero attached hydrogens (tertiary/aromatic N) is 1. The number of carbonyl (C=O) groups is 2. The lowest BCUT2D eigenvalue weighted by Crippen LogP contribution is -2.48. The van der Waals surface area contributed by atoms with Gasteiger partial charge in [-0.15, -0.1) is 0 Å². The summed E-state index contributed by atoms with van der Waals surface area (Å²) < 4.78 is 11.1. The summed E-state index contributed by atoms with van der Waals surface area (Å²) >= 11 is 0. The zero-order chi connectivity index (χ0) is 21.5. The Labute approximate surface area is 181 Å². The van der Waals surface area contributed by atoms with Gasteiger partial charge < -0.3 is 25.4 Å². The van der Waals surface area contributed by atoms with Crippen LogP contribution in [0.2, 0.25) is 0 Å². The largest absolute Gasteiger partial charge is 0.486 e. The van der Waals surface area contributed by atoms with Crippen LogP contribution in [0.25, 0.3) is 0 Å². The molecule has 0 aromatic heterocycles. The maximum absolute atomic E-state index is 12.4. The van der Waals surface area contributed by atoms with E-state index in [4.69, 9.17) is 9.47 Å². The number of hydrogen-bond acceptors (Lipinski definition) is 5. The van der Waals surface area contributed by atoms with E-state index in [9.17, 15) is 9.59 Å². The zero-order valence-corrected chi connectivity index (χ0v) is 17.4. The second-order valence-corrected chi connectivity index (χ2v) is 7.77. The molecule has 0 radical (unpaired) electrons. The van der Waals surface area contributed by atoms with E-state index < -0.39 is 0 Å². The van der Waals surface area contributed by atoms with Crippen molar-refractivity contribution in [2.24, 2.45) is 0 Å². The minimum atomic E-state index is -0.154. The van der Waals surface area contributed by atoms with E-state index in [1.165, 1.54) is 0 Å². The fourth-order valence-electron chi connectivity index (χ4n) is 3.77. The Morgan fingerprint density at radius 1 is 0.968 bits per heavy atom. The predicted octanol–water partition coefficient (Wildman–Crippen LogP) is 2.36. The number of fused-ring (bicyclic) bond motifs is 1. The Morgan fingerprint density at radius 3 is 2.48 bits per heavy atom. The molecule has 0 saturated carbocycles. The van der Waals surface area contributed by atoms with Crippen molar-refractivity contribution >= 4 is 17.6 Å². The first-order chi connectivity index (χ1) is 15.2. The third-order valence-corrected chi connectivity index (χ3v) is 5.41. The van der Waals surface area contributed by atoms with Crippen LogP contribution in [0.4, 0.5) is 10.5 Å². The normalized spacial score (nSPS) is 16.4. The van der Waals surface area contributed by atoms with Crippen molar-refractivity contribution in [1.82, 2.24) is 15.5 Å². The number of urea groups is 1. The van der Waals surface area contributed by atoms with E-state index in [0.29, 0.717) is 43.5 Å². The molecule has 2 aromatic carbocycles. The molecule has 4 rings (SSSR count). The maximum Gasteiger partial charge on any atom is 0.315 e. The smallest absolute Gasteiger partial charge is 0.315 e. The first-order valence-electron chi connectivity index (χ1n) is 10.7. The second kappa shape index (κ2) is 10.2. The van der Waals surface area contributed by atoms with Gasteiger partial charge in [0.25, 0.3) is 0 Å². The quantitative estimate of drug-likeness (QED) is 0.662. The first-order valence-corrected chi connectivity index (χ1v) is 10.7. The fourth-order valence-corrected chi connectivity index (χ4v) is 3.77. The Bertz CT molecular complexity index is 898. The molecule has 2 aliphatic rings. The molecule has 0 atom stereocenters. The number of anilines is 1. The van der Waals surface area contributed by atoms with Gasteiger partial charge in [0.1, 0.15) is 13.2 Å². The van der Waals surface area contributed by atoms with Crippen LogP contribution in [0.1, 0.15) is 18.4 Å². The molecule has 3 N–H and O–H groups in total. The molecule has 3 amide bonds. The number of piperidine rings is 1. The Balaban J connectivity index is 1.16. The topological polar surface area (TPSA) is 91.9 Å². The van der Waals surface area contributed by atoms with Gasteiger partial charge in [0.2, 0.25) is 5.91 Å². The lowest BCUT2D eigenvalue weighted by molar-refractivity contribution is -0.117. The molecule has 0 bridgehead atoms. The number of nitrogens with one attached hydrogen (secondary N) is 3. The predicted molar refractivity (Wildman–Crippen MR) is 117 cm³/mol. The highest BCUT2D eigenvalue weighted by atomic mass is 16.6. The third-order valence-electron chi connectivity index (χ3n) is 5.41. The van der Waals surface area contributed by atoms with Crippen molar-refractivity contribution in [2.75, 3.05) is 38.2 Å². The van der Waals surface area contributed by atoms with E-state index in [1.54, 1.807) is 6.07 Å². The van der Waals surface area contributed by atoms with Crippen LogP contribution >= 0.6 is 0 Å². The number of ether oxygens (including phenoxy) is 2. The third kappa shape index (κ3) is 6.11. The van der Waals surface area contributed by atoms with Gasteiger partial charge in [-0.3, -0.25) is 9.69 Å². The molecule has 2 heterocycles. The van der Waals surface area contributed by atoms with Gasteiger partial charge in [-0.25, -0.2) is 4.79 Å². The lowest BCUT2D eigenvalue weighted by Gasteiger charge is -2.31. The zero-order valence-electron chi connectivity index (χ0n) is 17.4. The summed E-state index contributed by atoms with van der Waals surface area (Å²) in [6.07, 6.45) is 1.63. The average Bonchev–Trinajstić information content (AvgIpc) is 2.79. The second-order valence-electron chi connectivity index (χ2n) is 7.77. The van der Waals surface area contributed by atoms with Crippen LogP contribution < -0.4 is 25.4 Å². The maximum atomic E-state index is 12.4. The highest BCUT2D eigenvalue weighted by molar-refractivity contribution is 5.92. The number of rotatable bonds is 6. The van der Waals surface area contributed by atoms with E-state index in [1.807, 2.05) is 42.5 Å². The molecule has 0 spiro atoms. The summed E-state index contributed by atoms with van der Waals surface area (Å²) in [6, 6.07) is 15.2. The van der Waals surface area contributed by atoms with Gasteiger partial charge in [-0.2, -0.15) is 0 Å². The number of benzene rings is 2. The van der Waals surface area contributed by atoms with Crippen LogP contribution in [0.15, 0.2) is 48.5 Å². The summed E-state index contributed by atoms with van der Waals surface area (Å²) in [5, 5.41) is 8.84. The van der Waals surface area contributed by atoms with Gasteiger partial charge in [-0.1, -0.05) is 30.3 Å². The number of likely N-dealkylation sites (tertiary alicyclic amines) is 1. The number of carbonyl (C=O) groups excluding carboxylic acids is 2. The van der Waals surface area contributed by atoms with E-state index in [0.717, 1.165) is 31.5 Å². The molecule has 0 aliphatic carbocycles. The minimum Gasteiger partial charge on any atom is -0.486 e. The molecule has 2 aromatic rings. The molecule has 1 fully saturated rings. The molecule has 8 nitrogen and oxygen atoms in total. The lowest BCUT2D eigenvalue weighted by atomic mass is 10.1. The monoisotopic (exact) mass is 424 g/mol. The number of amides is 3. The van der Waals surface area contributed by atoms with Crippen LogP contribution in [-0.2, 0) is 11.3 Å². The molecular formula is C23H28N4O4. The van der Waals surface area contributed by atoms with Crippen molar-refractivity contribution in [3.63, 3.8) is 0 Å². The molecule has 164 valence electrons. The van der Waals surface area contributed by atoms with Gasteiger partial charge in [0.15, 0.2) is 11.5 Å². The van der Waals surface area contributed by atoms with E-state index >= 15 is 0 Å². The molecule has 31 heavy (non-hydrogen) atoms. The molecule has 0 unspecified atom stereocenters. The highest BCUT2D eigenvalue weighted by Gasteiger charge is 2.22. The van der Waals surface area contributed by atoms with Crippen molar-refractivity contribution in [2.45, 2.75) is 25.4 Å². The molecular weight excluding hydrogens is 396 g/mol. The van der Waals surface area contributed by atoms with Crippen molar-refractivity contribution in [1.29, 1.82) is 0 Å². The molecule has 8 heteroatoms. The fraction of sp³-hybridized carbons (Fsp3) is 0.391. The summed E-state index contributed by atoms with van der Waals surface area (Å²) in [7, 11) is 0. The van der Waals surface area contributed by atoms with E-state index in [2.05, 4.69) is 20.9 Å². The SMILES string of the molecule is O=C(CN1CCC(NC(=O)NCc2ccccc2)CC1)Nc1ccc2c(c1)OCCO2. The Kier molecular flexibility index (Phi) is 6.89. The van der Waals surface area contributed by atoms with Gasteiger partial charge in [0.05, 0.1) is 6.54 Å². The van der Waals surface area contributed by atoms with Crippen molar-refractivity contribution < 1.29 is 19.1 Å².